The van der Waals surface area contributed by atoms with Gasteiger partial charge in [-0.2, -0.15) is 0 Å². The Morgan fingerprint density at radius 1 is 0.970 bits per heavy atom. The van der Waals surface area contributed by atoms with Crippen LogP contribution in [0, 0.1) is 0 Å². The number of ketones is 1. The lowest BCUT2D eigenvalue weighted by Crippen LogP contribution is -2.50. The van der Waals surface area contributed by atoms with Gasteiger partial charge in [0.2, 0.25) is 0 Å². The lowest BCUT2D eigenvalue weighted by molar-refractivity contribution is -0.163. The fourth-order valence-electron chi connectivity index (χ4n) is 4.04. The molecule has 1 aliphatic rings. The van der Waals surface area contributed by atoms with Crippen LogP contribution in [0.3, 0.4) is 0 Å². The second kappa shape index (κ2) is 9.36. The number of hydrogen-bond acceptors (Lipinski definition) is 4. The molecule has 6 heteroatoms. The third-order valence-corrected chi connectivity index (χ3v) is 6.12. The minimum absolute atomic E-state index is 0.0249. The van der Waals surface area contributed by atoms with E-state index in [1.165, 1.54) is 0 Å². The zero-order chi connectivity index (χ0) is 23.5. The van der Waals surface area contributed by atoms with Crippen LogP contribution in [-0.4, -0.2) is 24.0 Å². The zero-order valence-corrected chi connectivity index (χ0v) is 19.0. The van der Waals surface area contributed by atoms with E-state index in [-0.39, 0.29) is 6.61 Å². The standard InChI is InChI=1S/C27H24ClFO4/c1-2-32-25(31)27(29,24(30)26(15-16-26)20-11-13-21(28)14-12-20)18-19-7-6-10-23(17-19)33-22-8-4-3-5-9-22/h3-14,17H,2,15-16,18H2,1H3. The first-order valence-electron chi connectivity index (χ1n) is 10.9. The molecular weight excluding hydrogens is 443 g/mol. The van der Waals surface area contributed by atoms with E-state index in [0.29, 0.717) is 40.5 Å². The lowest BCUT2D eigenvalue weighted by Gasteiger charge is -2.27. The third-order valence-electron chi connectivity index (χ3n) is 5.87. The molecule has 1 atom stereocenters. The molecule has 0 spiro atoms. The molecule has 0 aromatic heterocycles. The van der Waals surface area contributed by atoms with Gasteiger partial charge in [-0.15, -0.1) is 0 Å². The molecule has 33 heavy (non-hydrogen) atoms. The fraction of sp³-hybridized carbons (Fsp3) is 0.259. The molecule has 170 valence electrons. The molecule has 0 heterocycles. The quantitative estimate of drug-likeness (QED) is 0.276. The number of Topliss-reactive ketones (excluding diaryl/α,β-unsaturated/α-hetero) is 1. The van der Waals surface area contributed by atoms with E-state index in [9.17, 15) is 9.59 Å². The molecule has 4 rings (SSSR count). The normalized spacial score (nSPS) is 15.8. The Morgan fingerprint density at radius 3 is 2.27 bits per heavy atom. The van der Waals surface area contributed by atoms with Gasteiger partial charge in [-0.3, -0.25) is 4.79 Å². The Balaban J connectivity index is 1.64. The van der Waals surface area contributed by atoms with Crippen LogP contribution in [0.15, 0.2) is 78.9 Å². The Kier molecular flexibility index (Phi) is 6.52. The largest absolute Gasteiger partial charge is 0.463 e. The Bertz CT molecular complexity index is 1140. The summed E-state index contributed by atoms with van der Waals surface area (Å²) < 4.78 is 27.3. The molecule has 0 aliphatic heterocycles. The van der Waals surface area contributed by atoms with E-state index in [1.807, 2.05) is 18.2 Å². The average molecular weight is 467 g/mol. The monoisotopic (exact) mass is 466 g/mol. The first kappa shape index (κ1) is 23.0. The molecule has 4 nitrogen and oxygen atoms in total. The van der Waals surface area contributed by atoms with Gasteiger partial charge in [0.15, 0.2) is 5.78 Å². The van der Waals surface area contributed by atoms with Crippen molar-refractivity contribution in [2.45, 2.75) is 37.3 Å². The van der Waals surface area contributed by atoms with Gasteiger partial charge in [-0.25, -0.2) is 9.18 Å². The van der Waals surface area contributed by atoms with Gasteiger partial charge in [0.1, 0.15) is 11.5 Å². The maximum Gasteiger partial charge on any atom is 0.352 e. The first-order chi connectivity index (χ1) is 15.9. The number of esters is 1. The fourth-order valence-corrected chi connectivity index (χ4v) is 4.16. The Hall–Kier alpha value is -3.18. The highest BCUT2D eigenvalue weighted by Crippen LogP contribution is 2.52. The molecule has 1 aliphatic carbocycles. The van der Waals surface area contributed by atoms with Crippen LogP contribution in [-0.2, 0) is 26.2 Å². The number of para-hydroxylation sites is 1. The smallest absolute Gasteiger partial charge is 0.352 e. The van der Waals surface area contributed by atoms with Crippen molar-refractivity contribution in [3.63, 3.8) is 0 Å². The van der Waals surface area contributed by atoms with Crippen molar-refractivity contribution in [1.82, 2.24) is 0 Å². The summed E-state index contributed by atoms with van der Waals surface area (Å²) in [5.41, 5.74) is -2.76. The van der Waals surface area contributed by atoms with E-state index in [1.54, 1.807) is 67.6 Å². The molecule has 0 N–H and O–H groups in total. The third kappa shape index (κ3) is 4.79. The van der Waals surface area contributed by atoms with Crippen molar-refractivity contribution in [2.75, 3.05) is 6.61 Å². The summed E-state index contributed by atoms with van der Waals surface area (Å²) in [5, 5.41) is 0.522. The summed E-state index contributed by atoms with van der Waals surface area (Å²) in [6.07, 6.45) is 0.497. The van der Waals surface area contributed by atoms with Crippen molar-refractivity contribution in [3.8, 4) is 11.5 Å². The predicted molar refractivity (Wildman–Crippen MR) is 125 cm³/mol. The summed E-state index contributed by atoms with van der Waals surface area (Å²) >= 11 is 5.98. The second-order valence-corrected chi connectivity index (χ2v) is 8.62. The number of benzene rings is 3. The second-order valence-electron chi connectivity index (χ2n) is 8.18. The van der Waals surface area contributed by atoms with Crippen LogP contribution in [0.4, 0.5) is 4.39 Å². The first-order valence-corrected chi connectivity index (χ1v) is 11.2. The lowest BCUT2D eigenvalue weighted by atomic mass is 9.79. The minimum atomic E-state index is -2.82. The molecule has 0 radical (unpaired) electrons. The molecule has 0 bridgehead atoms. The molecular formula is C27H24ClFO4. The van der Waals surface area contributed by atoms with Crippen molar-refractivity contribution in [1.29, 1.82) is 0 Å². The van der Waals surface area contributed by atoms with Gasteiger partial charge < -0.3 is 9.47 Å². The van der Waals surface area contributed by atoms with Crippen LogP contribution >= 0.6 is 11.6 Å². The van der Waals surface area contributed by atoms with Crippen molar-refractivity contribution in [2.24, 2.45) is 0 Å². The van der Waals surface area contributed by atoms with E-state index >= 15 is 4.39 Å². The number of carbonyl (C=O) groups excluding carboxylic acids is 2. The van der Waals surface area contributed by atoms with E-state index in [0.717, 1.165) is 0 Å². The summed E-state index contributed by atoms with van der Waals surface area (Å²) in [5.74, 6) is -0.826. The van der Waals surface area contributed by atoms with Crippen molar-refractivity contribution < 1.29 is 23.5 Å². The maximum atomic E-state index is 16.4. The van der Waals surface area contributed by atoms with Gasteiger partial charge in [0.25, 0.3) is 5.67 Å². The van der Waals surface area contributed by atoms with Crippen LogP contribution in [0.5, 0.6) is 11.5 Å². The molecule has 1 unspecified atom stereocenters. The minimum Gasteiger partial charge on any atom is -0.463 e. The summed E-state index contributed by atoms with van der Waals surface area (Å²) in [6.45, 7) is 1.56. The number of alkyl halides is 1. The summed E-state index contributed by atoms with van der Waals surface area (Å²) in [6, 6.07) is 22.7. The van der Waals surface area contributed by atoms with Gasteiger partial charge in [0, 0.05) is 11.4 Å². The zero-order valence-electron chi connectivity index (χ0n) is 18.2. The number of rotatable bonds is 9. The average Bonchev–Trinajstić information content (AvgIpc) is 3.62. The molecule has 3 aromatic carbocycles. The Morgan fingerprint density at radius 2 is 1.64 bits per heavy atom. The van der Waals surface area contributed by atoms with Crippen LogP contribution in [0.25, 0.3) is 0 Å². The highest BCUT2D eigenvalue weighted by Gasteiger charge is 2.62. The van der Waals surface area contributed by atoms with Gasteiger partial charge in [-0.05, 0) is 67.3 Å². The number of halogens is 2. The topological polar surface area (TPSA) is 52.6 Å². The highest BCUT2D eigenvalue weighted by atomic mass is 35.5. The van der Waals surface area contributed by atoms with Gasteiger partial charge in [-0.1, -0.05) is 54.1 Å². The summed E-state index contributed by atoms with van der Waals surface area (Å²) in [7, 11) is 0. The number of ether oxygens (including phenoxy) is 2. The predicted octanol–water partition coefficient (Wildman–Crippen LogP) is 6.25. The number of carbonyl (C=O) groups is 2. The van der Waals surface area contributed by atoms with Crippen LogP contribution < -0.4 is 4.74 Å². The SMILES string of the molecule is CCOC(=O)C(F)(Cc1cccc(Oc2ccccc2)c1)C(=O)C1(c2ccc(Cl)cc2)CC1. The summed E-state index contributed by atoms with van der Waals surface area (Å²) in [4.78, 5) is 26.4. The maximum absolute atomic E-state index is 16.4. The van der Waals surface area contributed by atoms with Crippen LogP contribution in [0.2, 0.25) is 5.02 Å². The Labute approximate surface area is 197 Å². The van der Waals surface area contributed by atoms with Crippen molar-refractivity contribution >= 4 is 23.4 Å². The molecule has 1 saturated carbocycles. The van der Waals surface area contributed by atoms with E-state index in [2.05, 4.69) is 0 Å². The van der Waals surface area contributed by atoms with Gasteiger partial charge in [0.05, 0.1) is 12.0 Å². The van der Waals surface area contributed by atoms with E-state index < -0.39 is 29.3 Å². The molecule has 1 fully saturated rings. The molecule has 0 amide bonds. The van der Waals surface area contributed by atoms with E-state index in [4.69, 9.17) is 21.1 Å². The molecule has 3 aromatic rings. The number of hydrogen-bond donors (Lipinski definition) is 0. The highest BCUT2D eigenvalue weighted by molar-refractivity contribution is 6.30. The van der Waals surface area contributed by atoms with Crippen LogP contribution in [0.1, 0.15) is 30.9 Å². The van der Waals surface area contributed by atoms with Crippen molar-refractivity contribution in [3.05, 3.63) is 95.0 Å². The van der Waals surface area contributed by atoms with Gasteiger partial charge >= 0.3 is 5.97 Å². The molecule has 0 saturated heterocycles.